The number of benzene rings is 1. The standard InChI is InChI=1S/C23H28N4O4S/c1-13-14(2)32-23-19(13)21(24-12-25-23)27-8-6-15(7-9-27)22(28)26-16-10-17(29-3)20(31-5)18(11-16)30-4/h10-12,15H,6-9H2,1-5H3,(H,26,28). The Morgan fingerprint density at radius 2 is 1.72 bits per heavy atom. The fourth-order valence-corrected chi connectivity index (χ4v) is 5.15. The SMILES string of the molecule is COc1cc(NC(=O)C2CCN(c3ncnc4sc(C)c(C)c34)CC2)cc(OC)c1OC. The van der Waals surface area contributed by atoms with Crippen molar-refractivity contribution in [2.75, 3.05) is 44.6 Å². The number of nitrogens with zero attached hydrogens (tertiary/aromatic N) is 3. The Morgan fingerprint density at radius 1 is 1.06 bits per heavy atom. The largest absolute Gasteiger partial charge is 0.493 e. The predicted octanol–water partition coefficient (Wildman–Crippen LogP) is 4.19. The molecule has 1 fully saturated rings. The second-order valence-electron chi connectivity index (χ2n) is 7.83. The van der Waals surface area contributed by atoms with Crippen LogP contribution < -0.4 is 24.4 Å². The molecule has 1 N–H and O–H groups in total. The van der Waals surface area contributed by atoms with Crippen molar-refractivity contribution in [3.8, 4) is 17.2 Å². The normalized spacial score (nSPS) is 14.5. The van der Waals surface area contributed by atoms with E-state index in [0.717, 1.165) is 42.0 Å². The van der Waals surface area contributed by atoms with Gasteiger partial charge in [0.2, 0.25) is 11.7 Å². The first-order valence-corrected chi connectivity index (χ1v) is 11.3. The van der Waals surface area contributed by atoms with Crippen LogP contribution in [0.4, 0.5) is 11.5 Å². The van der Waals surface area contributed by atoms with Gasteiger partial charge in [-0.25, -0.2) is 9.97 Å². The summed E-state index contributed by atoms with van der Waals surface area (Å²) in [6, 6.07) is 3.49. The third kappa shape index (κ3) is 4.04. The summed E-state index contributed by atoms with van der Waals surface area (Å²) in [5, 5.41) is 4.15. The summed E-state index contributed by atoms with van der Waals surface area (Å²) in [6.45, 7) is 5.78. The van der Waals surface area contributed by atoms with Gasteiger partial charge in [0.25, 0.3) is 0 Å². The van der Waals surface area contributed by atoms with Crippen LogP contribution in [0.1, 0.15) is 23.3 Å². The zero-order valence-electron chi connectivity index (χ0n) is 19.0. The first-order valence-electron chi connectivity index (χ1n) is 10.5. The fraction of sp³-hybridized carbons (Fsp3) is 0.435. The summed E-state index contributed by atoms with van der Waals surface area (Å²) in [4.78, 5) is 26.5. The number of rotatable bonds is 6. The number of fused-ring (bicyclic) bond motifs is 1. The van der Waals surface area contributed by atoms with Crippen LogP contribution in [0, 0.1) is 19.8 Å². The molecule has 3 aromatic rings. The van der Waals surface area contributed by atoms with E-state index in [4.69, 9.17) is 14.2 Å². The molecule has 1 aliphatic rings. The topological polar surface area (TPSA) is 85.8 Å². The van der Waals surface area contributed by atoms with Gasteiger partial charge in [-0.15, -0.1) is 11.3 Å². The molecule has 1 aliphatic heterocycles. The number of piperidine rings is 1. The lowest BCUT2D eigenvalue weighted by Gasteiger charge is -2.32. The summed E-state index contributed by atoms with van der Waals surface area (Å²) in [7, 11) is 4.66. The van der Waals surface area contributed by atoms with Gasteiger partial charge in [-0.2, -0.15) is 0 Å². The molecule has 0 unspecified atom stereocenters. The van der Waals surface area contributed by atoms with Gasteiger partial charge in [-0.05, 0) is 32.3 Å². The van der Waals surface area contributed by atoms with Crippen molar-refractivity contribution in [3.63, 3.8) is 0 Å². The Morgan fingerprint density at radius 3 is 2.31 bits per heavy atom. The van der Waals surface area contributed by atoms with Crippen molar-refractivity contribution in [3.05, 3.63) is 28.9 Å². The Bertz CT molecular complexity index is 1110. The predicted molar refractivity (Wildman–Crippen MR) is 127 cm³/mol. The van der Waals surface area contributed by atoms with Crippen LogP contribution in [0.25, 0.3) is 10.2 Å². The summed E-state index contributed by atoms with van der Waals surface area (Å²) in [6.07, 6.45) is 3.14. The highest BCUT2D eigenvalue weighted by atomic mass is 32.1. The van der Waals surface area contributed by atoms with Crippen LogP contribution in [0.5, 0.6) is 17.2 Å². The lowest BCUT2D eigenvalue weighted by molar-refractivity contribution is -0.120. The summed E-state index contributed by atoms with van der Waals surface area (Å²) >= 11 is 1.70. The third-order valence-corrected chi connectivity index (χ3v) is 7.16. The van der Waals surface area contributed by atoms with E-state index in [-0.39, 0.29) is 11.8 Å². The highest BCUT2D eigenvalue weighted by Crippen LogP contribution is 2.40. The molecule has 32 heavy (non-hydrogen) atoms. The number of hydrogen-bond acceptors (Lipinski definition) is 8. The highest BCUT2D eigenvalue weighted by molar-refractivity contribution is 7.18. The number of hydrogen-bond donors (Lipinski definition) is 1. The van der Waals surface area contributed by atoms with Crippen LogP contribution in [-0.2, 0) is 4.79 Å². The van der Waals surface area contributed by atoms with Crippen LogP contribution in [-0.4, -0.2) is 50.3 Å². The van der Waals surface area contributed by atoms with Gasteiger partial charge in [0.15, 0.2) is 11.5 Å². The number of carbonyl (C=O) groups excluding carboxylic acids is 1. The van der Waals surface area contributed by atoms with Gasteiger partial charge >= 0.3 is 0 Å². The first-order chi connectivity index (χ1) is 15.5. The lowest BCUT2D eigenvalue weighted by Crippen LogP contribution is -2.38. The molecule has 8 nitrogen and oxygen atoms in total. The Hall–Kier alpha value is -3.07. The van der Waals surface area contributed by atoms with E-state index < -0.39 is 0 Å². The van der Waals surface area contributed by atoms with Crippen molar-refractivity contribution in [2.24, 2.45) is 5.92 Å². The maximum atomic E-state index is 13.0. The van der Waals surface area contributed by atoms with E-state index in [1.165, 1.54) is 10.4 Å². The second-order valence-corrected chi connectivity index (χ2v) is 9.03. The van der Waals surface area contributed by atoms with E-state index in [9.17, 15) is 4.79 Å². The molecular formula is C23H28N4O4S. The minimum atomic E-state index is -0.0759. The van der Waals surface area contributed by atoms with Crippen molar-refractivity contribution in [2.45, 2.75) is 26.7 Å². The van der Waals surface area contributed by atoms with Gasteiger partial charge in [0, 0.05) is 41.7 Å². The maximum Gasteiger partial charge on any atom is 0.227 e. The maximum absolute atomic E-state index is 13.0. The molecule has 2 aromatic heterocycles. The molecular weight excluding hydrogens is 428 g/mol. The van der Waals surface area contributed by atoms with E-state index in [0.29, 0.717) is 22.9 Å². The van der Waals surface area contributed by atoms with Gasteiger partial charge in [0.05, 0.1) is 26.7 Å². The summed E-state index contributed by atoms with van der Waals surface area (Å²) < 4.78 is 16.1. The van der Waals surface area contributed by atoms with E-state index in [1.807, 2.05) is 0 Å². The van der Waals surface area contributed by atoms with Crippen molar-refractivity contribution < 1.29 is 19.0 Å². The van der Waals surface area contributed by atoms with Gasteiger partial charge in [-0.1, -0.05) is 0 Å². The second kappa shape index (κ2) is 9.20. The molecule has 4 rings (SSSR count). The number of aryl methyl sites for hydroxylation is 2. The molecule has 0 radical (unpaired) electrons. The van der Waals surface area contributed by atoms with E-state index in [2.05, 4.69) is 34.0 Å². The molecule has 3 heterocycles. The summed E-state index contributed by atoms with van der Waals surface area (Å²) in [5.41, 5.74) is 1.86. The van der Waals surface area contributed by atoms with Crippen molar-refractivity contribution in [1.29, 1.82) is 0 Å². The number of nitrogens with one attached hydrogen (secondary N) is 1. The molecule has 1 saturated heterocycles. The molecule has 0 atom stereocenters. The van der Waals surface area contributed by atoms with Crippen LogP contribution in [0.3, 0.4) is 0 Å². The number of amides is 1. The average Bonchev–Trinajstić information content (AvgIpc) is 3.11. The lowest BCUT2D eigenvalue weighted by atomic mass is 9.95. The zero-order chi connectivity index (χ0) is 22.8. The fourth-order valence-electron chi connectivity index (χ4n) is 4.15. The van der Waals surface area contributed by atoms with Gasteiger partial charge in [0.1, 0.15) is 17.0 Å². The van der Waals surface area contributed by atoms with Crippen molar-refractivity contribution >= 4 is 39.0 Å². The first kappa shape index (κ1) is 22.1. The Kier molecular flexibility index (Phi) is 6.36. The number of aromatic nitrogens is 2. The molecule has 0 spiro atoms. The smallest absolute Gasteiger partial charge is 0.227 e. The highest BCUT2D eigenvalue weighted by Gasteiger charge is 2.28. The van der Waals surface area contributed by atoms with Gasteiger partial charge in [-0.3, -0.25) is 4.79 Å². The summed E-state index contributed by atoms with van der Waals surface area (Å²) in [5.74, 6) is 2.40. The minimum absolute atomic E-state index is 0.00526. The third-order valence-electron chi connectivity index (χ3n) is 6.04. The number of carbonyl (C=O) groups is 1. The number of anilines is 2. The van der Waals surface area contributed by atoms with E-state index >= 15 is 0 Å². The van der Waals surface area contributed by atoms with Crippen molar-refractivity contribution in [1.82, 2.24) is 9.97 Å². The van der Waals surface area contributed by atoms with Crippen LogP contribution in [0.15, 0.2) is 18.5 Å². The number of thiophene rings is 1. The molecule has 1 aromatic carbocycles. The molecule has 170 valence electrons. The Labute approximate surface area is 191 Å². The van der Waals surface area contributed by atoms with Crippen LogP contribution in [0.2, 0.25) is 0 Å². The van der Waals surface area contributed by atoms with Crippen LogP contribution >= 0.6 is 11.3 Å². The monoisotopic (exact) mass is 456 g/mol. The molecule has 9 heteroatoms. The Balaban J connectivity index is 1.46. The average molecular weight is 457 g/mol. The zero-order valence-corrected chi connectivity index (χ0v) is 19.8. The van der Waals surface area contributed by atoms with E-state index in [1.54, 1.807) is 51.1 Å². The quantitative estimate of drug-likeness (QED) is 0.595. The minimum Gasteiger partial charge on any atom is -0.493 e. The molecule has 1 amide bonds. The number of ether oxygens (including phenoxy) is 3. The number of methoxy groups -OCH3 is 3. The molecule has 0 saturated carbocycles. The van der Waals surface area contributed by atoms with Gasteiger partial charge < -0.3 is 24.4 Å². The molecule has 0 bridgehead atoms. The molecule has 0 aliphatic carbocycles.